The number of likely N-dealkylation sites (tertiary alicyclic amines) is 1. The monoisotopic (exact) mass is 377 g/mol. The number of rotatable bonds is 3. The Morgan fingerprint density at radius 3 is 2.93 bits per heavy atom. The highest BCUT2D eigenvalue weighted by Crippen LogP contribution is 2.30. The molecule has 136 valence electrons. The zero-order valence-electron chi connectivity index (χ0n) is 15.0. The van der Waals surface area contributed by atoms with Gasteiger partial charge in [-0.15, -0.1) is 11.3 Å². The number of para-hydroxylation sites is 2. The first-order valence-electron chi connectivity index (χ1n) is 9.42. The Hall–Kier alpha value is -2.57. The van der Waals surface area contributed by atoms with Gasteiger partial charge in [-0.25, -0.2) is 9.67 Å². The van der Waals surface area contributed by atoms with Crippen molar-refractivity contribution in [1.29, 1.82) is 0 Å². The quantitative estimate of drug-likeness (QED) is 0.597. The first kappa shape index (κ1) is 16.6. The minimum Gasteiger partial charge on any atom is -0.316 e. The molecule has 1 saturated heterocycles. The summed E-state index contributed by atoms with van der Waals surface area (Å²) in [5.41, 5.74) is 2.01. The van der Waals surface area contributed by atoms with E-state index in [4.69, 9.17) is 4.98 Å². The van der Waals surface area contributed by atoms with Gasteiger partial charge in [0.25, 0.3) is 0 Å². The molecule has 2 atom stereocenters. The van der Waals surface area contributed by atoms with Crippen molar-refractivity contribution in [3.63, 3.8) is 0 Å². The molecule has 2 aromatic heterocycles. The van der Waals surface area contributed by atoms with Crippen LogP contribution in [0.3, 0.4) is 0 Å². The molecule has 2 aromatic carbocycles. The fourth-order valence-electron chi connectivity index (χ4n) is 4.07. The molecule has 0 saturated carbocycles. The number of fused-ring (bicyclic) bond motifs is 2. The molecule has 5 rings (SSSR count). The van der Waals surface area contributed by atoms with Gasteiger partial charge in [-0.1, -0.05) is 24.3 Å². The minimum absolute atomic E-state index is 0.0113. The van der Waals surface area contributed by atoms with Crippen LogP contribution in [-0.2, 0) is 6.67 Å². The van der Waals surface area contributed by atoms with Gasteiger partial charge in [-0.3, -0.25) is 4.79 Å². The lowest BCUT2D eigenvalue weighted by Gasteiger charge is -2.29. The highest BCUT2D eigenvalue weighted by molar-refractivity contribution is 7.18. The van der Waals surface area contributed by atoms with Crippen LogP contribution >= 0.6 is 11.3 Å². The molecule has 0 aliphatic carbocycles. The summed E-state index contributed by atoms with van der Waals surface area (Å²) in [5, 5.41) is 6.40. The van der Waals surface area contributed by atoms with Crippen LogP contribution in [0, 0.1) is 0 Å². The van der Waals surface area contributed by atoms with E-state index in [2.05, 4.69) is 29.4 Å². The number of piperidine rings is 1. The van der Waals surface area contributed by atoms with Gasteiger partial charge >= 0.3 is 0 Å². The molecular weight excluding hydrogens is 356 g/mol. The van der Waals surface area contributed by atoms with E-state index in [1.54, 1.807) is 0 Å². The van der Waals surface area contributed by atoms with Crippen molar-refractivity contribution in [3.05, 3.63) is 70.0 Å². The number of hydrogen-bond acceptors (Lipinski definition) is 4. The number of quaternary nitrogens is 1. The Balaban J connectivity index is 1.40. The molecule has 0 spiro atoms. The summed E-state index contributed by atoms with van der Waals surface area (Å²) in [7, 11) is 0. The second kappa shape index (κ2) is 6.87. The van der Waals surface area contributed by atoms with Crippen molar-refractivity contribution in [3.8, 4) is 0 Å². The molecule has 0 bridgehead atoms. The summed E-state index contributed by atoms with van der Waals surface area (Å²) in [4.78, 5) is 18.4. The van der Waals surface area contributed by atoms with Crippen molar-refractivity contribution >= 4 is 32.5 Å². The maximum Gasteiger partial charge on any atom is 0.207 e. The Morgan fingerprint density at radius 1 is 1.15 bits per heavy atom. The molecule has 6 heteroatoms. The number of nitrogens with zero attached hydrogens (tertiary/aromatic N) is 3. The lowest BCUT2D eigenvalue weighted by atomic mass is 9.99. The van der Waals surface area contributed by atoms with Gasteiger partial charge < -0.3 is 4.90 Å². The largest absolute Gasteiger partial charge is 0.316 e. The van der Waals surface area contributed by atoms with E-state index in [0.29, 0.717) is 5.92 Å². The van der Waals surface area contributed by atoms with Crippen molar-refractivity contribution in [2.45, 2.75) is 25.4 Å². The van der Waals surface area contributed by atoms with Gasteiger partial charge in [-0.2, -0.15) is 5.10 Å². The summed E-state index contributed by atoms with van der Waals surface area (Å²) in [5.74, 6) is 0.497. The van der Waals surface area contributed by atoms with Gasteiger partial charge in [0, 0.05) is 5.39 Å². The molecule has 0 radical (unpaired) electrons. The standard InChI is InChI=1S/C21H20N4OS/c26-19-12-22-25(18-9-3-1-7-16(18)19)14-24-11-5-6-15(13-24)21-23-17-8-2-4-10-20(17)27-21/h1-4,7-10,12,15H,5-6,11,13-14H2/p+1/t15-/m0/s1. The Labute approximate surface area is 160 Å². The fourth-order valence-corrected chi connectivity index (χ4v) is 5.17. The fraction of sp³-hybridized carbons (Fsp3) is 0.286. The topological polar surface area (TPSA) is 52.2 Å². The predicted molar refractivity (Wildman–Crippen MR) is 108 cm³/mol. The molecule has 3 heterocycles. The molecule has 1 unspecified atom stereocenters. The molecule has 4 aromatic rings. The average Bonchev–Trinajstić information content (AvgIpc) is 3.15. The molecule has 1 N–H and O–H groups in total. The molecule has 1 aliphatic heterocycles. The SMILES string of the molecule is O=c1cnn(C[NH+]2CCC[C@H](c3nc4ccccc4s3)C2)c2ccccc12. The third kappa shape index (κ3) is 3.15. The first-order chi connectivity index (χ1) is 13.3. The van der Waals surface area contributed by atoms with Gasteiger partial charge in [0.1, 0.15) is 5.01 Å². The van der Waals surface area contributed by atoms with Crippen LogP contribution in [0.5, 0.6) is 0 Å². The van der Waals surface area contributed by atoms with Crippen molar-refractivity contribution in [2.24, 2.45) is 0 Å². The number of hydrogen-bond donors (Lipinski definition) is 1. The molecule has 5 nitrogen and oxygen atoms in total. The molecular formula is C21H21N4OS+. The molecule has 27 heavy (non-hydrogen) atoms. The van der Waals surface area contributed by atoms with Crippen molar-refractivity contribution in [1.82, 2.24) is 14.8 Å². The maximum atomic E-state index is 12.1. The summed E-state index contributed by atoms with van der Waals surface area (Å²) in [6.45, 7) is 2.97. The van der Waals surface area contributed by atoms with E-state index in [-0.39, 0.29) is 5.43 Å². The maximum absolute atomic E-state index is 12.1. The van der Waals surface area contributed by atoms with E-state index in [9.17, 15) is 4.79 Å². The van der Waals surface area contributed by atoms with Gasteiger partial charge in [0.05, 0.1) is 40.9 Å². The van der Waals surface area contributed by atoms with Crippen LogP contribution in [-0.4, -0.2) is 27.9 Å². The molecule has 1 aliphatic rings. The van der Waals surface area contributed by atoms with Crippen LogP contribution in [0.2, 0.25) is 0 Å². The van der Waals surface area contributed by atoms with Gasteiger partial charge in [0.15, 0.2) is 6.67 Å². The van der Waals surface area contributed by atoms with Crippen LogP contribution in [0.15, 0.2) is 59.5 Å². The van der Waals surface area contributed by atoms with E-state index >= 15 is 0 Å². The third-order valence-electron chi connectivity index (χ3n) is 5.41. The average molecular weight is 377 g/mol. The third-order valence-corrected chi connectivity index (χ3v) is 6.61. The molecule has 0 amide bonds. The number of aromatic nitrogens is 3. The van der Waals surface area contributed by atoms with Crippen LogP contribution < -0.4 is 10.3 Å². The zero-order chi connectivity index (χ0) is 18.2. The van der Waals surface area contributed by atoms with E-state index in [1.807, 2.05) is 40.3 Å². The lowest BCUT2D eigenvalue weighted by Crippen LogP contribution is -3.12. The first-order valence-corrected chi connectivity index (χ1v) is 10.2. The summed E-state index contributed by atoms with van der Waals surface area (Å²) in [6.07, 6.45) is 3.83. The van der Waals surface area contributed by atoms with Crippen LogP contribution in [0.1, 0.15) is 23.8 Å². The summed E-state index contributed by atoms with van der Waals surface area (Å²) in [6, 6.07) is 16.1. The highest BCUT2D eigenvalue weighted by atomic mass is 32.1. The Bertz CT molecular complexity index is 1130. The number of nitrogens with one attached hydrogen (secondary N) is 1. The Morgan fingerprint density at radius 2 is 2.00 bits per heavy atom. The van der Waals surface area contributed by atoms with Crippen LogP contribution in [0.25, 0.3) is 21.1 Å². The summed E-state index contributed by atoms with van der Waals surface area (Å²) >= 11 is 1.83. The van der Waals surface area contributed by atoms with E-state index < -0.39 is 0 Å². The summed E-state index contributed by atoms with van der Waals surface area (Å²) < 4.78 is 3.25. The van der Waals surface area contributed by atoms with Crippen LogP contribution in [0.4, 0.5) is 0 Å². The minimum atomic E-state index is -0.0113. The number of thiazole rings is 1. The normalized spacial score (nSPS) is 20.3. The zero-order valence-corrected chi connectivity index (χ0v) is 15.8. The van der Waals surface area contributed by atoms with Crippen molar-refractivity contribution in [2.75, 3.05) is 13.1 Å². The highest BCUT2D eigenvalue weighted by Gasteiger charge is 2.27. The smallest absolute Gasteiger partial charge is 0.207 e. The molecule has 1 fully saturated rings. The lowest BCUT2D eigenvalue weighted by molar-refractivity contribution is -0.929. The van der Waals surface area contributed by atoms with Crippen molar-refractivity contribution < 1.29 is 4.90 Å². The second-order valence-corrected chi connectivity index (χ2v) is 8.31. The van der Waals surface area contributed by atoms with Gasteiger partial charge in [-0.05, 0) is 37.1 Å². The van der Waals surface area contributed by atoms with E-state index in [1.165, 1.54) is 33.6 Å². The Kier molecular flexibility index (Phi) is 4.22. The second-order valence-electron chi connectivity index (χ2n) is 7.25. The number of benzene rings is 2. The van der Waals surface area contributed by atoms with Gasteiger partial charge in [0.2, 0.25) is 5.43 Å². The predicted octanol–water partition coefficient (Wildman–Crippen LogP) is 2.43. The van der Waals surface area contributed by atoms with E-state index in [0.717, 1.165) is 36.2 Å².